The highest BCUT2D eigenvalue weighted by atomic mass is 32.1. The van der Waals surface area contributed by atoms with Gasteiger partial charge in [-0.25, -0.2) is 0 Å². The molecule has 4 heteroatoms. The Hall–Kier alpha value is -2.12. The first-order valence-corrected chi connectivity index (χ1v) is 6.40. The number of thiophene rings is 1. The summed E-state index contributed by atoms with van der Waals surface area (Å²) in [5.74, 6) is 0. The van der Waals surface area contributed by atoms with Crippen molar-refractivity contribution in [1.29, 1.82) is 5.26 Å². The molecule has 0 atom stereocenters. The predicted molar refractivity (Wildman–Crippen MR) is 73.0 cm³/mol. The number of nitriles is 1. The molecule has 0 saturated heterocycles. The number of nitrogens with zero attached hydrogens (tertiary/aromatic N) is 2. The van der Waals surface area contributed by atoms with Crippen molar-refractivity contribution in [1.82, 2.24) is 0 Å². The van der Waals surface area contributed by atoms with Crippen molar-refractivity contribution in [2.75, 3.05) is 11.9 Å². The topological polar surface area (TPSA) is 44.1 Å². The van der Waals surface area contributed by atoms with Crippen LogP contribution >= 0.6 is 11.3 Å². The lowest BCUT2D eigenvalue weighted by molar-refractivity contribution is 0.112. The Bertz CT molecular complexity index is 584. The van der Waals surface area contributed by atoms with E-state index >= 15 is 0 Å². The Morgan fingerprint density at radius 3 is 2.89 bits per heavy atom. The number of anilines is 1. The van der Waals surface area contributed by atoms with E-state index < -0.39 is 0 Å². The zero-order valence-electron chi connectivity index (χ0n) is 9.96. The van der Waals surface area contributed by atoms with Gasteiger partial charge in [0.05, 0.1) is 11.3 Å². The van der Waals surface area contributed by atoms with Crippen molar-refractivity contribution in [3.8, 4) is 6.07 Å². The molecule has 18 heavy (non-hydrogen) atoms. The van der Waals surface area contributed by atoms with Crippen LogP contribution < -0.4 is 4.90 Å². The number of carbonyl (C=O) groups is 1. The standard InChI is InChI=1S/C14H12N2OS/c1-16(8-12-4-5-18-10-12)14-3-2-11(9-17)6-13(14)7-15/h2-6,9-10H,8H2,1H3. The van der Waals surface area contributed by atoms with E-state index in [1.807, 2.05) is 23.4 Å². The summed E-state index contributed by atoms with van der Waals surface area (Å²) in [6.45, 7) is 0.749. The zero-order valence-corrected chi connectivity index (χ0v) is 10.8. The third kappa shape index (κ3) is 2.58. The summed E-state index contributed by atoms with van der Waals surface area (Å²) >= 11 is 1.65. The van der Waals surface area contributed by atoms with Crippen LogP contribution in [-0.2, 0) is 6.54 Å². The molecule has 1 heterocycles. The van der Waals surface area contributed by atoms with Crippen molar-refractivity contribution in [2.45, 2.75) is 6.54 Å². The van der Waals surface area contributed by atoms with Crippen molar-refractivity contribution >= 4 is 23.3 Å². The Balaban J connectivity index is 2.27. The first kappa shape index (κ1) is 12.3. The molecule has 0 unspecified atom stereocenters. The Kier molecular flexibility index (Phi) is 3.75. The van der Waals surface area contributed by atoms with E-state index in [-0.39, 0.29) is 0 Å². The SMILES string of the molecule is CN(Cc1ccsc1)c1ccc(C=O)cc1C#N. The fourth-order valence-corrected chi connectivity index (χ4v) is 2.45. The van der Waals surface area contributed by atoms with Crippen LogP contribution in [0.1, 0.15) is 21.5 Å². The van der Waals surface area contributed by atoms with Gasteiger partial charge in [-0.3, -0.25) is 4.79 Å². The van der Waals surface area contributed by atoms with E-state index in [0.717, 1.165) is 18.5 Å². The third-order valence-electron chi connectivity index (χ3n) is 2.69. The average Bonchev–Trinajstić information content (AvgIpc) is 2.90. The largest absolute Gasteiger partial charge is 0.369 e. The first-order valence-electron chi connectivity index (χ1n) is 5.46. The molecular weight excluding hydrogens is 244 g/mol. The van der Waals surface area contributed by atoms with Gasteiger partial charge in [-0.05, 0) is 40.6 Å². The lowest BCUT2D eigenvalue weighted by Gasteiger charge is -2.20. The summed E-state index contributed by atoms with van der Waals surface area (Å²) in [4.78, 5) is 12.7. The molecule has 0 aliphatic heterocycles. The second kappa shape index (κ2) is 5.48. The van der Waals surface area contributed by atoms with E-state index in [2.05, 4.69) is 17.5 Å². The molecule has 1 aromatic carbocycles. The van der Waals surface area contributed by atoms with Crippen molar-refractivity contribution in [3.63, 3.8) is 0 Å². The molecule has 0 bridgehead atoms. The van der Waals surface area contributed by atoms with Gasteiger partial charge in [0, 0.05) is 19.2 Å². The van der Waals surface area contributed by atoms with Gasteiger partial charge in [0.25, 0.3) is 0 Å². The van der Waals surface area contributed by atoms with Crippen LogP contribution in [0.4, 0.5) is 5.69 Å². The van der Waals surface area contributed by atoms with Gasteiger partial charge >= 0.3 is 0 Å². The minimum atomic E-state index is 0.525. The molecule has 0 aliphatic carbocycles. The molecular formula is C14H12N2OS. The minimum absolute atomic E-state index is 0.525. The third-order valence-corrected chi connectivity index (χ3v) is 3.42. The second-order valence-electron chi connectivity index (χ2n) is 3.99. The van der Waals surface area contributed by atoms with Crippen LogP contribution in [0.25, 0.3) is 0 Å². The summed E-state index contributed by atoms with van der Waals surface area (Å²) in [6.07, 6.45) is 0.753. The van der Waals surface area contributed by atoms with Crippen LogP contribution in [0, 0.1) is 11.3 Å². The zero-order chi connectivity index (χ0) is 13.0. The van der Waals surface area contributed by atoms with E-state index in [1.165, 1.54) is 5.56 Å². The number of aldehydes is 1. The highest BCUT2D eigenvalue weighted by Crippen LogP contribution is 2.22. The van der Waals surface area contributed by atoms with E-state index in [1.54, 1.807) is 23.5 Å². The van der Waals surface area contributed by atoms with Gasteiger partial charge in [-0.15, -0.1) is 0 Å². The van der Waals surface area contributed by atoms with Crippen LogP contribution in [-0.4, -0.2) is 13.3 Å². The number of rotatable bonds is 4. The minimum Gasteiger partial charge on any atom is -0.369 e. The monoisotopic (exact) mass is 256 g/mol. The van der Waals surface area contributed by atoms with E-state index in [4.69, 9.17) is 5.26 Å². The van der Waals surface area contributed by atoms with Crippen LogP contribution in [0.5, 0.6) is 0 Å². The molecule has 1 aromatic heterocycles. The molecule has 3 nitrogen and oxygen atoms in total. The summed E-state index contributed by atoms with van der Waals surface area (Å²) in [6, 6.07) is 9.36. The lowest BCUT2D eigenvalue weighted by atomic mass is 10.1. The molecule has 0 radical (unpaired) electrons. The molecule has 0 spiro atoms. The van der Waals surface area contributed by atoms with Crippen LogP contribution in [0.3, 0.4) is 0 Å². The Morgan fingerprint density at radius 1 is 1.44 bits per heavy atom. The van der Waals surface area contributed by atoms with Gasteiger partial charge in [-0.1, -0.05) is 0 Å². The summed E-state index contributed by atoms with van der Waals surface area (Å²) in [7, 11) is 1.94. The summed E-state index contributed by atoms with van der Waals surface area (Å²) in [5.41, 5.74) is 3.11. The number of benzene rings is 1. The van der Waals surface area contributed by atoms with Crippen molar-refractivity contribution in [2.24, 2.45) is 0 Å². The van der Waals surface area contributed by atoms with Gasteiger partial charge in [0.1, 0.15) is 12.4 Å². The molecule has 0 saturated carbocycles. The van der Waals surface area contributed by atoms with E-state index in [9.17, 15) is 4.79 Å². The lowest BCUT2D eigenvalue weighted by Crippen LogP contribution is -2.17. The maximum atomic E-state index is 10.7. The number of carbonyl (C=O) groups excluding carboxylic acids is 1. The van der Waals surface area contributed by atoms with Crippen LogP contribution in [0.2, 0.25) is 0 Å². The van der Waals surface area contributed by atoms with Crippen molar-refractivity contribution in [3.05, 3.63) is 51.7 Å². The maximum Gasteiger partial charge on any atom is 0.150 e. The molecule has 90 valence electrons. The average molecular weight is 256 g/mol. The highest BCUT2D eigenvalue weighted by Gasteiger charge is 2.09. The normalized spacial score (nSPS) is 9.78. The molecule has 0 amide bonds. The Morgan fingerprint density at radius 2 is 2.28 bits per heavy atom. The second-order valence-corrected chi connectivity index (χ2v) is 4.77. The van der Waals surface area contributed by atoms with Gasteiger partial charge in [-0.2, -0.15) is 16.6 Å². The van der Waals surface area contributed by atoms with Crippen molar-refractivity contribution < 1.29 is 4.79 Å². The van der Waals surface area contributed by atoms with E-state index in [0.29, 0.717) is 11.1 Å². The molecule has 0 aliphatic rings. The maximum absolute atomic E-state index is 10.7. The first-order chi connectivity index (χ1) is 8.74. The predicted octanol–water partition coefficient (Wildman–Crippen LogP) is 3.07. The fraction of sp³-hybridized carbons (Fsp3) is 0.143. The van der Waals surface area contributed by atoms with Gasteiger partial charge < -0.3 is 4.90 Å². The highest BCUT2D eigenvalue weighted by molar-refractivity contribution is 7.07. The van der Waals surface area contributed by atoms with Gasteiger partial charge in [0.15, 0.2) is 0 Å². The molecule has 0 N–H and O–H groups in total. The molecule has 2 aromatic rings. The molecule has 0 fully saturated rings. The Labute approximate surface area is 110 Å². The smallest absolute Gasteiger partial charge is 0.150 e. The fourth-order valence-electron chi connectivity index (χ4n) is 1.79. The summed E-state index contributed by atoms with van der Waals surface area (Å²) in [5, 5.41) is 13.2. The quantitative estimate of drug-likeness (QED) is 0.790. The summed E-state index contributed by atoms with van der Waals surface area (Å²) < 4.78 is 0. The number of hydrogen-bond donors (Lipinski definition) is 0. The molecule has 2 rings (SSSR count). The van der Waals surface area contributed by atoms with Gasteiger partial charge in [0.2, 0.25) is 0 Å². The number of hydrogen-bond acceptors (Lipinski definition) is 4. The van der Waals surface area contributed by atoms with Crippen LogP contribution in [0.15, 0.2) is 35.0 Å².